The number of hydrogen-bond donors (Lipinski definition) is 1. The maximum atomic E-state index is 5.25. The molecule has 0 aliphatic carbocycles. The van der Waals surface area contributed by atoms with Gasteiger partial charge in [-0.1, -0.05) is 20.8 Å². The first-order chi connectivity index (χ1) is 13.9. The Morgan fingerprint density at radius 1 is 1.17 bits per heavy atom. The second-order valence-electron chi connectivity index (χ2n) is 8.27. The van der Waals surface area contributed by atoms with Gasteiger partial charge >= 0.3 is 0 Å². The van der Waals surface area contributed by atoms with Crippen LogP contribution in [0.1, 0.15) is 31.5 Å². The molecule has 0 atom stereocenters. The minimum Gasteiger partial charge on any atom is -0.497 e. The average molecular weight is 416 g/mol. The van der Waals surface area contributed by atoms with Crippen LogP contribution in [0.5, 0.6) is 5.75 Å². The van der Waals surface area contributed by atoms with Crippen LogP contribution in [0.4, 0.5) is 5.69 Å². The summed E-state index contributed by atoms with van der Waals surface area (Å²) < 4.78 is 5.25. The van der Waals surface area contributed by atoms with Crippen LogP contribution in [0, 0.1) is 0 Å². The molecule has 7 heteroatoms. The van der Waals surface area contributed by atoms with Crippen molar-refractivity contribution in [1.29, 1.82) is 0 Å². The number of guanidine groups is 1. The normalized spacial score (nSPS) is 15.6. The largest absolute Gasteiger partial charge is 0.497 e. The molecule has 0 saturated carbocycles. The van der Waals surface area contributed by atoms with Gasteiger partial charge in [-0.15, -0.1) is 11.3 Å². The number of nitrogens with one attached hydrogen (secondary N) is 1. The maximum Gasteiger partial charge on any atom is 0.193 e. The summed E-state index contributed by atoms with van der Waals surface area (Å²) >= 11 is 1.75. The van der Waals surface area contributed by atoms with Gasteiger partial charge in [0.05, 0.1) is 17.8 Å². The molecule has 158 valence electrons. The Hall–Kier alpha value is -2.28. The van der Waals surface area contributed by atoms with E-state index in [-0.39, 0.29) is 5.41 Å². The summed E-state index contributed by atoms with van der Waals surface area (Å²) in [4.78, 5) is 14.0. The van der Waals surface area contributed by atoms with Crippen LogP contribution >= 0.6 is 11.3 Å². The number of methoxy groups -OCH3 is 1. The minimum atomic E-state index is 0.113. The monoisotopic (exact) mass is 415 g/mol. The van der Waals surface area contributed by atoms with Gasteiger partial charge in [0.2, 0.25) is 0 Å². The van der Waals surface area contributed by atoms with Crippen molar-refractivity contribution >= 4 is 23.0 Å². The molecule has 1 saturated heterocycles. The van der Waals surface area contributed by atoms with Crippen molar-refractivity contribution in [2.45, 2.75) is 32.6 Å². The molecule has 0 unspecified atom stereocenters. The van der Waals surface area contributed by atoms with Crippen molar-refractivity contribution in [3.8, 4) is 5.75 Å². The zero-order valence-corrected chi connectivity index (χ0v) is 19.1. The number of ether oxygens (including phenoxy) is 1. The van der Waals surface area contributed by atoms with Crippen LogP contribution in [0.15, 0.2) is 34.6 Å². The zero-order chi connectivity index (χ0) is 20.9. The van der Waals surface area contributed by atoms with Crippen molar-refractivity contribution in [3.05, 3.63) is 40.3 Å². The van der Waals surface area contributed by atoms with Gasteiger partial charge in [0, 0.05) is 62.7 Å². The molecule has 3 rings (SSSR count). The summed E-state index contributed by atoms with van der Waals surface area (Å²) in [5.41, 5.74) is 2.53. The van der Waals surface area contributed by atoms with E-state index < -0.39 is 0 Å². The molecule has 1 aromatic heterocycles. The van der Waals surface area contributed by atoms with Crippen LogP contribution in [0.2, 0.25) is 0 Å². The predicted octanol–water partition coefficient (Wildman–Crippen LogP) is 3.39. The average Bonchev–Trinajstić information content (AvgIpc) is 3.21. The fraction of sp³-hybridized carbons (Fsp3) is 0.545. The standard InChI is InChI=1S/C22H33N5OS/c1-22(2,3)19-16-29-20(25-19)10-11-24-21(23-4)27-14-12-26(13-15-27)17-6-8-18(28-5)9-7-17/h6-9,16H,10-15H2,1-5H3,(H,23,24). The fourth-order valence-corrected chi connectivity index (χ4v) is 4.38. The second-order valence-corrected chi connectivity index (χ2v) is 9.22. The van der Waals surface area contributed by atoms with Gasteiger partial charge in [-0.05, 0) is 24.3 Å². The number of piperazine rings is 1. The molecule has 1 fully saturated rings. The third-order valence-electron chi connectivity index (χ3n) is 5.17. The number of nitrogens with zero attached hydrogens (tertiary/aromatic N) is 4. The van der Waals surface area contributed by atoms with Gasteiger partial charge < -0.3 is 19.9 Å². The molecule has 2 heterocycles. The number of aromatic nitrogens is 1. The Morgan fingerprint density at radius 2 is 1.86 bits per heavy atom. The van der Waals surface area contributed by atoms with Crippen molar-refractivity contribution in [1.82, 2.24) is 15.2 Å². The van der Waals surface area contributed by atoms with Gasteiger partial charge in [-0.25, -0.2) is 4.98 Å². The molecule has 1 aliphatic rings. The van der Waals surface area contributed by atoms with Gasteiger partial charge in [-0.3, -0.25) is 4.99 Å². The minimum absolute atomic E-state index is 0.113. The van der Waals surface area contributed by atoms with Crippen molar-refractivity contribution < 1.29 is 4.74 Å². The van der Waals surface area contributed by atoms with Crippen molar-refractivity contribution in [3.63, 3.8) is 0 Å². The van der Waals surface area contributed by atoms with E-state index in [1.165, 1.54) is 16.4 Å². The first-order valence-corrected chi connectivity index (χ1v) is 11.1. The summed E-state index contributed by atoms with van der Waals surface area (Å²) in [6, 6.07) is 8.29. The van der Waals surface area contributed by atoms with E-state index in [4.69, 9.17) is 9.72 Å². The Bertz CT molecular complexity index is 801. The highest BCUT2D eigenvalue weighted by atomic mass is 32.1. The van der Waals surface area contributed by atoms with Gasteiger partial charge in [0.25, 0.3) is 0 Å². The number of hydrogen-bond acceptors (Lipinski definition) is 5. The molecule has 0 amide bonds. The Kier molecular flexibility index (Phi) is 7.00. The Labute approximate surface area is 178 Å². The summed E-state index contributed by atoms with van der Waals surface area (Å²) in [7, 11) is 3.56. The molecule has 29 heavy (non-hydrogen) atoms. The molecule has 1 N–H and O–H groups in total. The van der Waals surface area contributed by atoms with Crippen molar-refractivity contribution in [2.24, 2.45) is 4.99 Å². The smallest absolute Gasteiger partial charge is 0.193 e. The number of rotatable bonds is 5. The summed E-state index contributed by atoms with van der Waals surface area (Å²) in [5, 5.41) is 6.88. The molecule has 0 radical (unpaired) electrons. The highest BCUT2D eigenvalue weighted by Crippen LogP contribution is 2.24. The Balaban J connectivity index is 1.47. The Morgan fingerprint density at radius 3 is 2.41 bits per heavy atom. The van der Waals surface area contributed by atoms with Gasteiger partial charge in [-0.2, -0.15) is 0 Å². The van der Waals surface area contributed by atoms with Gasteiger partial charge in [0.1, 0.15) is 5.75 Å². The van der Waals surface area contributed by atoms with Gasteiger partial charge in [0.15, 0.2) is 5.96 Å². The third kappa shape index (κ3) is 5.63. The topological polar surface area (TPSA) is 53.0 Å². The number of aliphatic imine (C=N–C) groups is 1. The number of thiazole rings is 1. The first-order valence-electron chi connectivity index (χ1n) is 10.2. The SMILES string of the molecule is CN=C(NCCc1nc(C(C)(C)C)cs1)N1CCN(c2ccc(OC)cc2)CC1. The van der Waals surface area contributed by atoms with Crippen LogP contribution in [-0.2, 0) is 11.8 Å². The molecule has 2 aromatic rings. The molecule has 0 spiro atoms. The van der Waals surface area contributed by atoms with E-state index in [1.54, 1.807) is 18.4 Å². The lowest BCUT2D eigenvalue weighted by molar-refractivity contribution is 0.373. The third-order valence-corrected chi connectivity index (χ3v) is 6.08. The van der Waals surface area contributed by atoms with Crippen LogP contribution in [-0.4, -0.2) is 62.7 Å². The summed E-state index contributed by atoms with van der Waals surface area (Å²) in [6.07, 6.45) is 0.922. The molecule has 6 nitrogen and oxygen atoms in total. The second kappa shape index (κ2) is 9.48. The zero-order valence-electron chi connectivity index (χ0n) is 18.2. The lowest BCUT2D eigenvalue weighted by Gasteiger charge is -2.37. The summed E-state index contributed by atoms with van der Waals surface area (Å²) in [5.74, 6) is 1.87. The number of benzene rings is 1. The fourth-order valence-electron chi connectivity index (χ4n) is 3.35. The first kappa shape index (κ1) is 21.4. The van der Waals surface area contributed by atoms with Crippen LogP contribution in [0.25, 0.3) is 0 Å². The molecular weight excluding hydrogens is 382 g/mol. The van der Waals surface area contributed by atoms with E-state index in [2.05, 4.69) is 58.4 Å². The summed E-state index contributed by atoms with van der Waals surface area (Å²) in [6.45, 7) is 11.3. The molecule has 1 aliphatic heterocycles. The van der Waals surface area contributed by atoms with Crippen molar-refractivity contribution in [2.75, 3.05) is 51.8 Å². The van der Waals surface area contributed by atoms with E-state index in [9.17, 15) is 0 Å². The number of anilines is 1. The van der Waals surface area contributed by atoms with Crippen LogP contribution in [0.3, 0.4) is 0 Å². The highest BCUT2D eigenvalue weighted by Gasteiger charge is 2.20. The maximum absolute atomic E-state index is 5.25. The molecule has 0 bridgehead atoms. The van der Waals surface area contributed by atoms with E-state index in [1.807, 2.05) is 19.2 Å². The lowest BCUT2D eigenvalue weighted by Crippen LogP contribution is -2.52. The molecular formula is C22H33N5OS. The predicted molar refractivity (Wildman–Crippen MR) is 123 cm³/mol. The highest BCUT2D eigenvalue weighted by molar-refractivity contribution is 7.09. The van der Waals surface area contributed by atoms with E-state index >= 15 is 0 Å². The lowest BCUT2D eigenvalue weighted by atomic mass is 9.93. The quantitative estimate of drug-likeness (QED) is 0.599. The van der Waals surface area contributed by atoms with E-state index in [0.29, 0.717) is 0 Å². The van der Waals surface area contributed by atoms with E-state index in [0.717, 1.165) is 50.9 Å². The van der Waals surface area contributed by atoms with Crippen LogP contribution < -0.4 is 15.0 Å². The molecule has 1 aromatic carbocycles.